The van der Waals surface area contributed by atoms with Crippen molar-refractivity contribution in [3.63, 3.8) is 0 Å². The first-order chi connectivity index (χ1) is 9.97. The zero-order valence-electron chi connectivity index (χ0n) is 11.1. The maximum absolute atomic E-state index is 13.3. The molecule has 0 atom stereocenters. The Balaban J connectivity index is 1.94. The molecule has 0 aliphatic carbocycles. The van der Waals surface area contributed by atoms with Crippen molar-refractivity contribution >= 4 is 11.6 Å². The number of hydrogen-bond acceptors (Lipinski definition) is 3. The van der Waals surface area contributed by atoms with E-state index < -0.39 is 23.2 Å². The van der Waals surface area contributed by atoms with Crippen LogP contribution in [0.2, 0.25) is 0 Å². The molecule has 0 unspecified atom stereocenters. The van der Waals surface area contributed by atoms with Gasteiger partial charge in [0.1, 0.15) is 23.1 Å². The van der Waals surface area contributed by atoms with E-state index >= 15 is 0 Å². The summed E-state index contributed by atoms with van der Waals surface area (Å²) in [6, 6.07) is 8.33. The van der Waals surface area contributed by atoms with E-state index in [0.29, 0.717) is 13.0 Å². The van der Waals surface area contributed by atoms with Gasteiger partial charge < -0.3 is 16.2 Å². The highest BCUT2D eigenvalue weighted by atomic mass is 19.1. The summed E-state index contributed by atoms with van der Waals surface area (Å²) in [6.07, 6.45) is 0.534. The number of rotatable bonds is 4. The van der Waals surface area contributed by atoms with E-state index in [9.17, 15) is 13.6 Å². The smallest absolute Gasteiger partial charge is 0.251 e. The van der Waals surface area contributed by atoms with Gasteiger partial charge >= 0.3 is 0 Å². The third-order valence-corrected chi connectivity index (χ3v) is 2.98. The SMILES string of the molecule is Nc1c(F)cc(C(=O)NCCc2ccc(O)cc2)cc1F. The summed E-state index contributed by atoms with van der Waals surface area (Å²) in [5.41, 5.74) is 5.33. The minimum atomic E-state index is -0.960. The van der Waals surface area contributed by atoms with Gasteiger partial charge in [-0.2, -0.15) is 0 Å². The Hall–Kier alpha value is -2.63. The fourth-order valence-electron chi connectivity index (χ4n) is 1.80. The van der Waals surface area contributed by atoms with Gasteiger partial charge in [-0.05, 0) is 36.2 Å². The number of nitrogen functional groups attached to an aromatic ring is 1. The van der Waals surface area contributed by atoms with E-state index in [2.05, 4.69) is 5.32 Å². The molecule has 2 rings (SSSR count). The van der Waals surface area contributed by atoms with Gasteiger partial charge in [0.05, 0.1) is 0 Å². The van der Waals surface area contributed by atoms with E-state index in [0.717, 1.165) is 17.7 Å². The second-order valence-corrected chi connectivity index (χ2v) is 4.53. The number of halogens is 2. The molecule has 0 saturated carbocycles. The summed E-state index contributed by atoms with van der Waals surface area (Å²) >= 11 is 0. The molecule has 110 valence electrons. The molecule has 0 aliphatic heterocycles. The normalized spacial score (nSPS) is 10.4. The van der Waals surface area contributed by atoms with Crippen LogP contribution in [-0.4, -0.2) is 17.6 Å². The van der Waals surface area contributed by atoms with Crippen LogP contribution in [0.1, 0.15) is 15.9 Å². The number of aromatic hydroxyl groups is 1. The number of amides is 1. The Morgan fingerprint density at radius 3 is 2.29 bits per heavy atom. The van der Waals surface area contributed by atoms with Crippen LogP contribution in [0, 0.1) is 11.6 Å². The van der Waals surface area contributed by atoms with Crippen LogP contribution < -0.4 is 11.1 Å². The van der Waals surface area contributed by atoms with Crippen molar-refractivity contribution in [2.24, 2.45) is 0 Å². The van der Waals surface area contributed by atoms with Crippen molar-refractivity contribution in [2.45, 2.75) is 6.42 Å². The molecule has 0 fully saturated rings. The van der Waals surface area contributed by atoms with Crippen LogP contribution in [0.25, 0.3) is 0 Å². The molecule has 4 N–H and O–H groups in total. The Bertz CT molecular complexity index is 634. The first-order valence-corrected chi connectivity index (χ1v) is 6.28. The third-order valence-electron chi connectivity index (χ3n) is 2.98. The van der Waals surface area contributed by atoms with Crippen molar-refractivity contribution in [3.8, 4) is 5.75 Å². The van der Waals surface area contributed by atoms with E-state index in [-0.39, 0.29) is 11.3 Å². The second kappa shape index (κ2) is 6.21. The average molecular weight is 292 g/mol. The lowest BCUT2D eigenvalue weighted by molar-refractivity contribution is 0.0953. The summed E-state index contributed by atoms with van der Waals surface area (Å²) in [5.74, 6) is -2.33. The molecule has 2 aromatic carbocycles. The van der Waals surface area contributed by atoms with Crippen LogP contribution >= 0.6 is 0 Å². The maximum atomic E-state index is 13.3. The van der Waals surface area contributed by atoms with Gasteiger partial charge in [0, 0.05) is 12.1 Å². The molecule has 0 saturated heterocycles. The van der Waals surface area contributed by atoms with E-state index in [1.54, 1.807) is 24.3 Å². The quantitative estimate of drug-likeness (QED) is 0.756. The number of nitrogens with two attached hydrogens (primary N) is 1. The summed E-state index contributed by atoms with van der Waals surface area (Å²) in [7, 11) is 0. The molecule has 21 heavy (non-hydrogen) atoms. The molecule has 2 aromatic rings. The van der Waals surface area contributed by atoms with E-state index in [1.807, 2.05) is 0 Å². The number of hydrogen-bond donors (Lipinski definition) is 3. The molecular formula is C15H14F2N2O2. The lowest BCUT2D eigenvalue weighted by Crippen LogP contribution is -2.26. The standard InChI is InChI=1S/C15H14F2N2O2/c16-12-7-10(8-13(17)14(12)18)15(21)19-6-5-9-1-3-11(20)4-2-9/h1-4,7-8,20H,5-6,18H2,(H,19,21). The zero-order valence-corrected chi connectivity index (χ0v) is 11.1. The van der Waals surface area contributed by atoms with Gasteiger partial charge in [-0.1, -0.05) is 12.1 Å². The van der Waals surface area contributed by atoms with Gasteiger partial charge in [-0.25, -0.2) is 8.78 Å². The van der Waals surface area contributed by atoms with E-state index in [4.69, 9.17) is 10.8 Å². The predicted molar refractivity (Wildman–Crippen MR) is 74.9 cm³/mol. The number of carbonyl (C=O) groups excluding carboxylic acids is 1. The molecule has 0 radical (unpaired) electrons. The summed E-state index contributed by atoms with van der Waals surface area (Å²) < 4.78 is 26.5. The molecule has 0 bridgehead atoms. The largest absolute Gasteiger partial charge is 0.508 e. The van der Waals surface area contributed by atoms with Crippen molar-refractivity contribution in [1.29, 1.82) is 0 Å². The van der Waals surface area contributed by atoms with Crippen LogP contribution in [0.5, 0.6) is 5.75 Å². The Morgan fingerprint density at radius 1 is 1.14 bits per heavy atom. The summed E-state index contributed by atoms with van der Waals surface area (Å²) in [4.78, 5) is 11.8. The van der Waals surface area contributed by atoms with Crippen LogP contribution in [-0.2, 0) is 6.42 Å². The van der Waals surface area contributed by atoms with E-state index in [1.165, 1.54) is 0 Å². The second-order valence-electron chi connectivity index (χ2n) is 4.53. The Morgan fingerprint density at radius 2 is 1.71 bits per heavy atom. The van der Waals surface area contributed by atoms with Crippen molar-refractivity contribution in [3.05, 3.63) is 59.2 Å². The van der Waals surface area contributed by atoms with Gasteiger partial charge in [-0.3, -0.25) is 4.79 Å². The molecule has 0 heterocycles. The third kappa shape index (κ3) is 3.68. The number of phenols is 1. The molecule has 0 aliphatic rings. The molecule has 1 amide bonds. The topological polar surface area (TPSA) is 75.4 Å². The monoisotopic (exact) mass is 292 g/mol. The van der Waals surface area contributed by atoms with Crippen molar-refractivity contribution in [1.82, 2.24) is 5.32 Å². The number of nitrogens with one attached hydrogen (secondary N) is 1. The number of phenolic OH excluding ortho intramolecular Hbond substituents is 1. The Kier molecular flexibility index (Phi) is 4.37. The zero-order chi connectivity index (χ0) is 15.4. The lowest BCUT2D eigenvalue weighted by atomic mass is 10.1. The molecule has 0 spiro atoms. The van der Waals surface area contributed by atoms with Crippen LogP contribution in [0.3, 0.4) is 0 Å². The first-order valence-electron chi connectivity index (χ1n) is 6.28. The highest BCUT2D eigenvalue weighted by molar-refractivity contribution is 5.94. The summed E-state index contributed by atoms with van der Waals surface area (Å²) in [6.45, 7) is 0.303. The van der Waals surface area contributed by atoms with Crippen LogP contribution in [0.15, 0.2) is 36.4 Å². The highest BCUT2D eigenvalue weighted by Gasteiger charge is 2.12. The minimum absolute atomic E-state index is 0.120. The van der Waals surface area contributed by atoms with Gasteiger partial charge in [0.25, 0.3) is 5.91 Å². The summed E-state index contributed by atoms with van der Waals surface area (Å²) in [5, 5.41) is 11.7. The van der Waals surface area contributed by atoms with Gasteiger partial charge in [0.2, 0.25) is 0 Å². The molecule has 4 nitrogen and oxygen atoms in total. The van der Waals surface area contributed by atoms with Crippen molar-refractivity contribution < 1.29 is 18.7 Å². The fraction of sp³-hybridized carbons (Fsp3) is 0.133. The Labute approximate surface area is 120 Å². The predicted octanol–water partition coefficient (Wildman–Crippen LogP) is 2.23. The number of anilines is 1. The van der Waals surface area contributed by atoms with Crippen LogP contribution in [0.4, 0.5) is 14.5 Å². The number of benzene rings is 2. The highest BCUT2D eigenvalue weighted by Crippen LogP contribution is 2.17. The molecule has 6 heteroatoms. The maximum Gasteiger partial charge on any atom is 0.251 e. The lowest BCUT2D eigenvalue weighted by Gasteiger charge is -2.07. The minimum Gasteiger partial charge on any atom is -0.508 e. The van der Waals surface area contributed by atoms with Crippen molar-refractivity contribution in [2.75, 3.05) is 12.3 Å². The van der Waals surface area contributed by atoms with Gasteiger partial charge in [-0.15, -0.1) is 0 Å². The molecule has 0 aromatic heterocycles. The first kappa shape index (κ1) is 14.8. The average Bonchev–Trinajstić information content (AvgIpc) is 2.46. The van der Waals surface area contributed by atoms with Gasteiger partial charge in [0.15, 0.2) is 0 Å². The fourth-order valence-corrected chi connectivity index (χ4v) is 1.80. The molecular weight excluding hydrogens is 278 g/mol. The number of carbonyl (C=O) groups is 1.